The molecule has 0 saturated carbocycles. The van der Waals surface area contributed by atoms with E-state index in [0.29, 0.717) is 41.7 Å². The van der Waals surface area contributed by atoms with E-state index < -0.39 is 11.8 Å². The van der Waals surface area contributed by atoms with E-state index in [2.05, 4.69) is 24.1 Å². The topological polar surface area (TPSA) is 95.0 Å². The van der Waals surface area contributed by atoms with Crippen molar-refractivity contribution in [3.8, 4) is 0 Å². The number of likely N-dealkylation sites (N-methyl/N-ethyl adjacent to an activating group) is 1. The first-order valence-corrected chi connectivity index (χ1v) is 13.2. The third-order valence-electron chi connectivity index (χ3n) is 7.16. The highest BCUT2D eigenvalue weighted by Gasteiger charge is 2.34. The van der Waals surface area contributed by atoms with Gasteiger partial charge in [0.2, 0.25) is 0 Å². The number of rotatable bonds is 7. The van der Waals surface area contributed by atoms with Gasteiger partial charge in [-0.3, -0.25) is 23.7 Å². The number of carbonyl (C=O) groups excluding carboxylic acids is 4. The van der Waals surface area contributed by atoms with Crippen LogP contribution in [-0.4, -0.2) is 94.8 Å². The fraction of sp³-hybridized carbons (Fsp3) is 0.379. The Labute approximate surface area is 223 Å². The number of nitrogens with one attached hydrogen (secondary N) is 1. The Balaban J connectivity index is 1.48. The SMILES string of the molecule is CCN(CC)CCNC(=O)c1cccc2ccn(C(=O)C(=O)N3CCN(C(=O)c4ccccc4)C[C@H]3C)c12. The van der Waals surface area contributed by atoms with Gasteiger partial charge in [0.25, 0.3) is 11.8 Å². The zero-order chi connectivity index (χ0) is 27.2. The van der Waals surface area contributed by atoms with E-state index >= 15 is 0 Å². The zero-order valence-corrected chi connectivity index (χ0v) is 22.2. The van der Waals surface area contributed by atoms with Gasteiger partial charge in [0.15, 0.2) is 0 Å². The highest BCUT2D eigenvalue weighted by atomic mass is 16.2. The first kappa shape index (κ1) is 27.1. The van der Waals surface area contributed by atoms with Crippen molar-refractivity contribution in [3.63, 3.8) is 0 Å². The second-order valence-electron chi connectivity index (χ2n) is 9.48. The van der Waals surface area contributed by atoms with Crippen LogP contribution in [0.3, 0.4) is 0 Å². The Kier molecular flexibility index (Phi) is 8.58. The Bertz CT molecular complexity index is 1320. The van der Waals surface area contributed by atoms with Gasteiger partial charge in [0.05, 0.1) is 11.1 Å². The van der Waals surface area contributed by atoms with E-state index in [9.17, 15) is 19.2 Å². The van der Waals surface area contributed by atoms with Crippen LogP contribution in [0.1, 0.15) is 46.3 Å². The molecule has 0 radical (unpaired) electrons. The number of hydrogen-bond donors (Lipinski definition) is 1. The third-order valence-corrected chi connectivity index (χ3v) is 7.16. The van der Waals surface area contributed by atoms with Gasteiger partial charge >= 0.3 is 11.8 Å². The van der Waals surface area contributed by atoms with Crippen LogP contribution in [-0.2, 0) is 4.79 Å². The molecule has 1 saturated heterocycles. The van der Waals surface area contributed by atoms with Crippen LogP contribution < -0.4 is 5.32 Å². The lowest BCUT2D eigenvalue weighted by molar-refractivity contribution is -0.130. The Hall–Kier alpha value is -3.98. The monoisotopic (exact) mass is 517 g/mol. The summed E-state index contributed by atoms with van der Waals surface area (Å²) in [5.41, 5.74) is 1.36. The van der Waals surface area contributed by atoms with Gasteiger partial charge in [-0.05, 0) is 44.3 Å². The highest BCUT2D eigenvalue weighted by molar-refractivity contribution is 6.37. The molecule has 2 heterocycles. The zero-order valence-electron chi connectivity index (χ0n) is 22.2. The molecule has 9 nitrogen and oxygen atoms in total. The molecule has 200 valence electrons. The summed E-state index contributed by atoms with van der Waals surface area (Å²) in [4.78, 5) is 58.1. The smallest absolute Gasteiger partial charge is 0.320 e. The average molecular weight is 518 g/mol. The molecular weight excluding hydrogens is 482 g/mol. The van der Waals surface area contributed by atoms with E-state index in [1.165, 1.54) is 15.7 Å². The molecule has 1 aromatic heterocycles. The van der Waals surface area contributed by atoms with Gasteiger partial charge in [-0.25, -0.2) is 0 Å². The first-order chi connectivity index (χ1) is 18.3. The minimum absolute atomic E-state index is 0.0936. The number of amides is 3. The molecule has 3 amide bonds. The quantitative estimate of drug-likeness (QED) is 0.487. The summed E-state index contributed by atoms with van der Waals surface area (Å²) in [6.45, 7) is 9.90. The second-order valence-corrected chi connectivity index (χ2v) is 9.48. The number of carbonyl (C=O) groups is 4. The maximum Gasteiger partial charge on any atom is 0.320 e. The fourth-order valence-corrected chi connectivity index (χ4v) is 4.94. The van der Waals surface area contributed by atoms with Crippen molar-refractivity contribution in [3.05, 3.63) is 71.9 Å². The van der Waals surface area contributed by atoms with Crippen molar-refractivity contribution in [2.24, 2.45) is 0 Å². The van der Waals surface area contributed by atoms with Gasteiger partial charge < -0.3 is 20.0 Å². The Morgan fingerprint density at radius 3 is 2.34 bits per heavy atom. The highest BCUT2D eigenvalue weighted by Crippen LogP contribution is 2.22. The summed E-state index contributed by atoms with van der Waals surface area (Å²) < 4.78 is 1.27. The molecule has 0 aliphatic carbocycles. The molecule has 0 unspecified atom stereocenters. The number of nitrogens with zero attached hydrogens (tertiary/aromatic N) is 4. The number of fused-ring (bicyclic) bond motifs is 1. The standard InChI is InChI=1S/C29H35N5O4/c1-4-31(5-2)17-15-30-26(35)24-13-9-12-22-14-16-34(25(22)24)29(38)28(37)33-19-18-32(20-21(33)3)27(36)23-10-7-6-8-11-23/h6-14,16,21H,4-5,15,17-20H2,1-3H3,(H,30,35)/t21-/m1/s1. The fourth-order valence-electron chi connectivity index (χ4n) is 4.94. The molecule has 0 bridgehead atoms. The second kappa shape index (κ2) is 12.0. The van der Waals surface area contributed by atoms with Crippen LogP contribution in [0.15, 0.2) is 60.8 Å². The van der Waals surface area contributed by atoms with E-state index in [1.54, 1.807) is 35.2 Å². The van der Waals surface area contributed by atoms with Crippen molar-refractivity contribution in [2.75, 3.05) is 45.8 Å². The minimum atomic E-state index is -0.724. The van der Waals surface area contributed by atoms with Crippen LogP contribution in [0, 0.1) is 0 Å². The van der Waals surface area contributed by atoms with Crippen molar-refractivity contribution in [2.45, 2.75) is 26.8 Å². The van der Waals surface area contributed by atoms with Crippen LogP contribution in [0.4, 0.5) is 0 Å². The lowest BCUT2D eigenvalue weighted by Crippen LogP contribution is -2.57. The Morgan fingerprint density at radius 2 is 1.66 bits per heavy atom. The number of para-hydroxylation sites is 1. The molecule has 1 aliphatic rings. The van der Waals surface area contributed by atoms with Crippen molar-refractivity contribution in [1.29, 1.82) is 0 Å². The Morgan fingerprint density at radius 1 is 0.921 bits per heavy atom. The van der Waals surface area contributed by atoms with Crippen LogP contribution in [0.2, 0.25) is 0 Å². The van der Waals surface area contributed by atoms with Crippen LogP contribution in [0.25, 0.3) is 10.9 Å². The van der Waals surface area contributed by atoms with E-state index in [-0.39, 0.29) is 24.4 Å². The molecule has 1 N–H and O–H groups in total. The molecule has 2 aromatic carbocycles. The normalized spacial score (nSPS) is 15.6. The van der Waals surface area contributed by atoms with Crippen LogP contribution in [0.5, 0.6) is 0 Å². The molecule has 9 heteroatoms. The van der Waals surface area contributed by atoms with Gasteiger partial charge in [0.1, 0.15) is 0 Å². The molecule has 0 spiro atoms. The van der Waals surface area contributed by atoms with Gasteiger partial charge in [-0.15, -0.1) is 0 Å². The molecule has 1 atom stereocenters. The molecule has 4 rings (SSSR count). The molecule has 3 aromatic rings. The van der Waals surface area contributed by atoms with Crippen molar-refractivity contribution in [1.82, 2.24) is 24.6 Å². The minimum Gasteiger partial charge on any atom is -0.351 e. The lowest BCUT2D eigenvalue weighted by atomic mass is 10.1. The molecule has 38 heavy (non-hydrogen) atoms. The average Bonchev–Trinajstić information content (AvgIpc) is 3.39. The maximum absolute atomic E-state index is 13.4. The largest absolute Gasteiger partial charge is 0.351 e. The summed E-state index contributed by atoms with van der Waals surface area (Å²) in [6.07, 6.45) is 1.54. The van der Waals surface area contributed by atoms with E-state index in [0.717, 1.165) is 19.6 Å². The van der Waals surface area contributed by atoms with Gasteiger partial charge in [0, 0.05) is 55.9 Å². The molecule has 1 aliphatic heterocycles. The number of hydrogen-bond acceptors (Lipinski definition) is 5. The van der Waals surface area contributed by atoms with Gasteiger partial charge in [-0.1, -0.05) is 44.2 Å². The number of benzene rings is 2. The predicted molar refractivity (Wildman–Crippen MR) is 146 cm³/mol. The molecular formula is C29H35N5O4. The van der Waals surface area contributed by atoms with Gasteiger partial charge in [-0.2, -0.15) is 0 Å². The predicted octanol–water partition coefficient (Wildman–Crippen LogP) is 2.73. The summed E-state index contributed by atoms with van der Waals surface area (Å²) in [5, 5.41) is 3.64. The van der Waals surface area contributed by atoms with Crippen molar-refractivity contribution >= 4 is 34.5 Å². The molecule has 1 fully saturated rings. The van der Waals surface area contributed by atoms with E-state index in [1.807, 2.05) is 31.2 Å². The third kappa shape index (κ3) is 5.62. The number of piperazine rings is 1. The maximum atomic E-state index is 13.4. The van der Waals surface area contributed by atoms with E-state index in [4.69, 9.17) is 0 Å². The summed E-state index contributed by atoms with van der Waals surface area (Å²) in [7, 11) is 0. The summed E-state index contributed by atoms with van der Waals surface area (Å²) in [6, 6.07) is 15.7. The lowest BCUT2D eigenvalue weighted by Gasteiger charge is -2.39. The first-order valence-electron chi connectivity index (χ1n) is 13.2. The summed E-state index contributed by atoms with van der Waals surface area (Å²) >= 11 is 0. The number of aromatic nitrogens is 1. The van der Waals surface area contributed by atoms with Crippen molar-refractivity contribution < 1.29 is 19.2 Å². The summed E-state index contributed by atoms with van der Waals surface area (Å²) in [5.74, 6) is -1.76. The van der Waals surface area contributed by atoms with Crippen LogP contribution >= 0.6 is 0 Å².